The van der Waals surface area contributed by atoms with Crippen LogP contribution in [-0.2, 0) is 28.7 Å². The van der Waals surface area contributed by atoms with Crippen LogP contribution in [0.4, 0.5) is 0 Å². The molecule has 4 atom stereocenters. The van der Waals surface area contributed by atoms with Gasteiger partial charge in [0.1, 0.15) is 18.2 Å². The minimum absolute atomic E-state index is 0.0992. The molecule has 0 aliphatic heterocycles. The zero-order valence-electron chi connectivity index (χ0n) is 17.3. The summed E-state index contributed by atoms with van der Waals surface area (Å²) in [5.41, 5.74) is 5.16. The summed E-state index contributed by atoms with van der Waals surface area (Å²) >= 11 is 0. The van der Waals surface area contributed by atoms with Gasteiger partial charge in [-0.2, -0.15) is 0 Å². The second kappa shape index (κ2) is 13.5. The molecule has 0 aromatic carbocycles. The normalized spacial score (nSPS) is 14.8. The summed E-state index contributed by atoms with van der Waals surface area (Å²) in [5.74, 6) is -3.33. The molecular formula is C18H32N4O7. The fourth-order valence-corrected chi connectivity index (χ4v) is 2.23. The third kappa shape index (κ3) is 11.7. The predicted octanol–water partition coefficient (Wildman–Crippen LogP) is -0.964. The Morgan fingerprint density at radius 1 is 0.966 bits per heavy atom. The monoisotopic (exact) mass is 416 g/mol. The highest BCUT2D eigenvalue weighted by molar-refractivity contribution is 5.92. The largest absolute Gasteiger partial charge is 0.481 e. The van der Waals surface area contributed by atoms with Crippen molar-refractivity contribution in [1.82, 2.24) is 16.0 Å². The van der Waals surface area contributed by atoms with Crippen molar-refractivity contribution < 1.29 is 33.8 Å². The maximum absolute atomic E-state index is 12.2. The Balaban J connectivity index is 4.47. The molecule has 0 saturated heterocycles. The summed E-state index contributed by atoms with van der Waals surface area (Å²) in [6, 6.07) is -2.43. The molecule has 4 amide bonds. The molecule has 29 heavy (non-hydrogen) atoms. The lowest BCUT2D eigenvalue weighted by Crippen LogP contribution is -2.53. The second-order valence-corrected chi connectivity index (χ2v) is 6.82. The van der Waals surface area contributed by atoms with Crippen LogP contribution in [0.25, 0.3) is 0 Å². The van der Waals surface area contributed by atoms with Crippen LogP contribution in [0.2, 0.25) is 0 Å². The Kier molecular flexibility index (Phi) is 12.2. The van der Waals surface area contributed by atoms with Gasteiger partial charge in [0.15, 0.2) is 0 Å². The fraction of sp³-hybridized carbons (Fsp3) is 0.722. The number of carboxylic acid groups (broad SMARTS) is 1. The summed E-state index contributed by atoms with van der Waals surface area (Å²) in [6.07, 6.45) is -0.239. The van der Waals surface area contributed by atoms with Gasteiger partial charge in [-0.15, -0.1) is 0 Å². The van der Waals surface area contributed by atoms with Gasteiger partial charge in [0.05, 0.1) is 6.61 Å². The number of nitrogens with two attached hydrogens (primary N) is 1. The van der Waals surface area contributed by atoms with Gasteiger partial charge in [0.25, 0.3) is 0 Å². The number of nitrogens with one attached hydrogen (secondary N) is 3. The zero-order valence-corrected chi connectivity index (χ0v) is 17.3. The van der Waals surface area contributed by atoms with E-state index in [4.69, 9.17) is 15.6 Å². The molecular weight excluding hydrogens is 384 g/mol. The van der Waals surface area contributed by atoms with Crippen molar-refractivity contribution in [2.45, 2.75) is 77.6 Å². The highest BCUT2D eigenvalue weighted by Crippen LogP contribution is 2.00. The van der Waals surface area contributed by atoms with E-state index < -0.39 is 41.9 Å². The van der Waals surface area contributed by atoms with Crippen LogP contribution in [0.5, 0.6) is 0 Å². The van der Waals surface area contributed by atoms with Crippen LogP contribution < -0.4 is 21.7 Å². The third-order valence-electron chi connectivity index (χ3n) is 3.91. The Morgan fingerprint density at radius 2 is 1.59 bits per heavy atom. The first-order valence-electron chi connectivity index (χ1n) is 9.50. The van der Waals surface area contributed by atoms with E-state index in [9.17, 15) is 24.0 Å². The van der Waals surface area contributed by atoms with E-state index in [1.807, 2.05) is 6.92 Å². The molecule has 0 saturated carbocycles. The first kappa shape index (κ1) is 26.3. The minimum atomic E-state index is -1.15. The van der Waals surface area contributed by atoms with Gasteiger partial charge in [0.2, 0.25) is 23.6 Å². The van der Waals surface area contributed by atoms with E-state index >= 15 is 0 Å². The second-order valence-electron chi connectivity index (χ2n) is 6.82. The van der Waals surface area contributed by atoms with Gasteiger partial charge in [-0.1, -0.05) is 6.92 Å². The van der Waals surface area contributed by atoms with Crippen molar-refractivity contribution in [2.24, 2.45) is 5.73 Å². The van der Waals surface area contributed by atoms with Gasteiger partial charge < -0.3 is 31.5 Å². The number of aliphatic carboxylic acids is 1. The number of amides is 4. The van der Waals surface area contributed by atoms with Crippen LogP contribution in [0.1, 0.15) is 53.4 Å². The molecule has 0 heterocycles. The predicted molar refractivity (Wildman–Crippen MR) is 104 cm³/mol. The van der Waals surface area contributed by atoms with Crippen molar-refractivity contribution in [1.29, 1.82) is 0 Å². The topological polar surface area (TPSA) is 177 Å². The smallest absolute Gasteiger partial charge is 0.303 e. The molecule has 0 fully saturated rings. The summed E-state index contributed by atoms with van der Waals surface area (Å²) < 4.78 is 5.41. The van der Waals surface area contributed by atoms with Crippen molar-refractivity contribution in [3.63, 3.8) is 0 Å². The average molecular weight is 416 g/mol. The Labute approximate surface area is 170 Å². The highest BCUT2D eigenvalue weighted by atomic mass is 16.5. The number of primary amides is 1. The van der Waals surface area contributed by atoms with Gasteiger partial charge in [-0.3, -0.25) is 24.0 Å². The molecule has 0 unspecified atom stereocenters. The summed E-state index contributed by atoms with van der Waals surface area (Å²) in [7, 11) is 0. The lowest BCUT2D eigenvalue weighted by molar-refractivity contribution is -0.138. The Hall–Kier alpha value is -2.69. The van der Waals surface area contributed by atoms with Crippen LogP contribution in [0.15, 0.2) is 0 Å². The molecule has 0 bridgehead atoms. The molecule has 11 nitrogen and oxygen atoms in total. The number of hydrogen-bond donors (Lipinski definition) is 5. The maximum Gasteiger partial charge on any atom is 0.303 e. The molecule has 166 valence electrons. The quantitative estimate of drug-likeness (QED) is 0.242. The van der Waals surface area contributed by atoms with E-state index in [2.05, 4.69) is 16.0 Å². The molecule has 0 aliphatic carbocycles. The fourth-order valence-electron chi connectivity index (χ4n) is 2.23. The molecule has 0 aromatic rings. The van der Waals surface area contributed by atoms with Gasteiger partial charge >= 0.3 is 5.97 Å². The summed E-state index contributed by atoms with van der Waals surface area (Å²) in [5, 5.41) is 16.2. The lowest BCUT2D eigenvalue weighted by atomic mass is 10.1. The molecule has 0 aliphatic rings. The molecule has 0 radical (unpaired) electrons. The Bertz CT molecular complexity index is 597. The van der Waals surface area contributed by atoms with Gasteiger partial charge in [-0.25, -0.2) is 0 Å². The number of rotatable bonds is 14. The zero-order chi connectivity index (χ0) is 22.6. The van der Waals surface area contributed by atoms with Crippen molar-refractivity contribution in [3.8, 4) is 0 Å². The molecule has 0 aromatic heterocycles. The van der Waals surface area contributed by atoms with E-state index in [-0.39, 0.29) is 31.4 Å². The minimum Gasteiger partial charge on any atom is -0.481 e. The van der Waals surface area contributed by atoms with Crippen LogP contribution in [-0.4, -0.2) is 65.5 Å². The number of ether oxygens (including phenoxy) is 1. The Morgan fingerprint density at radius 3 is 2.10 bits per heavy atom. The van der Waals surface area contributed by atoms with Gasteiger partial charge in [0, 0.05) is 18.9 Å². The molecule has 6 N–H and O–H groups in total. The van der Waals surface area contributed by atoms with E-state index in [0.717, 1.165) is 6.42 Å². The van der Waals surface area contributed by atoms with E-state index in [1.54, 1.807) is 6.92 Å². The average Bonchev–Trinajstić information content (AvgIpc) is 2.62. The van der Waals surface area contributed by atoms with Crippen molar-refractivity contribution >= 4 is 29.6 Å². The maximum atomic E-state index is 12.2. The lowest BCUT2D eigenvalue weighted by Gasteiger charge is -2.21. The standard InChI is InChI=1S/C18H32N4O7/c1-5-6-14(23)20-10(2)9-29-12(4)18(28)21-11(3)17(27)22-13(16(19)26)7-8-15(24)25/h10-13H,5-9H2,1-4H3,(H2,19,26)(H,20,23)(H,21,28)(H,22,27)(H,24,25)/t10-,11-,12-,13+/m0/s1. The molecule has 11 heteroatoms. The first-order chi connectivity index (χ1) is 13.5. The number of carbonyl (C=O) groups is 5. The number of carbonyl (C=O) groups excluding carboxylic acids is 4. The molecule has 0 spiro atoms. The van der Waals surface area contributed by atoms with Crippen molar-refractivity contribution in [3.05, 3.63) is 0 Å². The SMILES string of the molecule is CCCC(=O)N[C@@H](C)CO[C@@H](C)C(=O)N[C@@H](C)C(=O)N[C@H](CCC(=O)O)C(N)=O. The summed E-state index contributed by atoms with van der Waals surface area (Å²) in [4.78, 5) is 57.8. The molecule has 0 rings (SSSR count). The number of hydrogen-bond acceptors (Lipinski definition) is 6. The van der Waals surface area contributed by atoms with E-state index in [0.29, 0.717) is 6.42 Å². The van der Waals surface area contributed by atoms with Crippen LogP contribution in [0, 0.1) is 0 Å². The van der Waals surface area contributed by atoms with Gasteiger partial charge in [-0.05, 0) is 33.6 Å². The van der Waals surface area contributed by atoms with E-state index in [1.165, 1.54) is 13.8 Å². The van der Waals surface area contributed by atoms with Crippen molar-refractivity contribution in [2.75, 3.05) is 6.61 Å². The van der Waals surface area contributed by atoms with Crippen LogP contribution >= 0.6 is 0 Å². The first-order valence-corrected chi connectivity index (χ1v) is 9.50. The third-order valence-corrected chi connectivity index (χ3v) is 3.91. The highest BCUT2D eigenvalue weighted by Gasteiger charge is 2.25. The summed E-state index contributed by atoms with van der Waals surface area (Å²) in [6.45, 7) is 6.66. The van der Waals surface area contributed by atoms with Crippen LogP contribution in [0.3, 0.4) is 0 Å². The number of carboxylic acids is 1.